The van der Waals surface area contributed by atoms with Crippen LogP contribution in [0.3, 0.4) is 0 Å². The summed E-state index contributed by atoms with van der Waals surface area (Å²) < 4.78 is 5.21. The molecule has 0 bridgehead atoms. The van der Waals surface area contributed by atoms with Gasteiger partial charge >= 0.3 is 5.97 Å². The predicted octanol–water partition coefficient (Wildman–Crippen LogP) is 3.23. The normalized spacial score (nSPS) is 11.7. The highest BCUT2D eigenvalue weighted by Gasteiger charge is 2.17. The lowest BCUT2D eigenvalue weighted by Crippen LogP contribution is -2.40. The fourth-order valence-electron chi connectivity index (χ4n) is 1.28. The van der Waals surface area contributed by atoms with Gasteiger partial charge in [-0.15, -0.1) is 0 Å². The summed E-state index contributed by atoms with van der Waals surface area (Å²) >= 11 is 5.75. The quantitative estimate of drug-likeness (QED) is 0.786. The lowest BCUT2D eigenvalue weighted by Gasteiger charge is -2.31. The van der Waals surface area contributed by atoms with Crippen LogP contribution in [0.15, 0.2) is 24.3 Å². The van der Waals surface area contributed by atoms with Crippen molar-refractivity contribution in [2.45, 2.75) is 26.3 Å². The molecule has 0 amide bonds. The second-order valence-electron chi connectivity index (χ2n) is 5.24. The lowest BCUT2D eigenvalue weighted by molar-refractivity contribution is 0.0423. The molecule has 0 aliphatic heterocycles. The van der Waals surface area contributed by atoms with Gasteiger partial charge in [0.05, 0.1) is 5.56 Å². The Morgan fingerprint density at radius 1 is 1.28 bits per heavy atom. The highest BCUT2D eigenvalue weighted by molar-refractivity contribution is 6.30. The topological polar surface area (TPSA) is 29.5 Å². The van der Waals surface area contributed by atoms with Crippen molar-refractivity contribution >= 4 is 17.6 Å². The Kier molecular flexibility index (Phi) is 5.17. The predicted molar refractivity (Wildman–Crippen MR) is 74.1 cm³/mol. The first-order chi connectivity index (χ1) is 8.30. The van der Waals surface area contributed by atoms with Crippen LogP contribution in [0, 0.1) is 0 Å². The fraction of sp³-hybridized carbons (Fsp3) is 0.500. The number of ether oxygens (including phenoxy) is 1. The van der Waals surface area contributed by atoms with Crippen molar-refractivity contribution in [1.29, 1.82) is 0 Å². The monoisotopic (exact) mass is 269 g/mol. The highest BCUT2D eigenvalue weighted by Crippen LogP contribution is 2.11. The van der Waals surface area contributed by atoms with Crippen molar-refractivity contribution < 1.29 is 9.53 Å². The number of halogens is 1. The van der Waals surface area contributed by atoms with E-state index in [1.165, 1.54) is 0 Å². The summed E-state index contributed by atoms with van der Waals surface area (Å²) in [5, 5.41) is 0.610. The maximum absolute atomic E-state index is 11.7. The summed E-state index contributed by atoms with van der Waals surface area (Å²) in [6.07, 6.45) is 0. The Balaban J connectivity index is 2.40. The zero-order valence-corrected chi connectivity index (χ0v) is 12.1. The number of hydrogen-bond acceptors (Lipinski definition) is 3. The lowest BCUT2D eigenvalue weighted by atomic mass is 10.1. The molecule has 0 saturated heterocycles. The molecule has 1 rings (SSSR count). The summed E-state index contributed by atoms with van der Waals surface area (Å²) in [5.41, 5.74) is 0.602. The second kappa shape index (κ2) is 6.21. The maximum Gasteiger partial charge on any atom is 0.338 e. The van der Waals surface area contributed by atoms with Gasteiger partial charge in [-0.1, -0.05) is 11.6 Å². The van der Waals surface area contributed by atoms with Crippen LogP contribution in [0.2, 0.25) is 5.02 Å². The number of rotatable bonds is 4. The molecule has 0 unspecified atom stereocenters. The van der Waals surface area contributed by atoms with E-state index in [0.29, 0.717) is 23.7 Å². The number of carbonyl (C=O) groups excluding carboxylic acids is 1. The Hall–Kier alpha value is -1.06. The number of esters is 1. The minimum absolute atomic E-state index is 0.0761. The van der Waals surface area contributed by atoms with Gasteiger partial charge < -0.3 is 4.74 Å². The van der Waals surface area contributed by atoms with Crippen LogP contribution in [-0.2, 0) is 4.74 Å². The summed E-state index contributed by atoms with van der Waals surface area (Å²) in [4.78, 5) is 13.8. The van der Waals surface area contributed by atoms with Gasteiger partial charge in [0.15, 0.2) is 0 Å². The van der Waals surface area contributed by atoms with Gasteiger partial charge in [-0.05, 0) is 52.1 Å². The largest absolute Gasteiger partial charge is 0.461 e. The molecule has 0 atom stereocenters. The number of likely N-dealkylation sites (N-methyl/N-ethyl adjacent to an activating group) is 1. The van der Waals surface area contributed by atoms with Crippen LogP contribution in [0.4, 0.5) is 0 Å². The standard InChI is InChI=1S/C14H20ClNO2/c1-14(2,3)16(4)9-10-18-13(17)11-5-7-12(15)8-6-11/h5-8H,9-10H2,1-4H3. The highest BCUT2D eigenvalue weighted by atomic mass is 35.5. The average Bonchev–Trinajstić information content (AvgIpc) is 2.28. The SMILES string of the molecule is CN(CCOC(=O)c1ccc(Cl)cc1)C(C)(C)C. The molecule has 0 saturated carbocycles. The van der Waals surface area contributed by atoms with E-state index in [-0.39, 0.29) is 11.5 Å². The number of hydrogen-bond donors (Lipinski definition) is 0. The molecule has 0 radical (unpaired) electrons. The van der Waals surface area contributed by atoms with E-state index < -0.39 is 0 Å². The van der Waals surface area contributed by atoms with Gasteiger partial charge in [0, 0.05) is 17.1 Å². The van der Waals surface area contributed by atoms with E-state index >= 15 is 0 Å². The smallest absolute Gasteiger partial charge is 0.338 e. The molecule has 0 aliphatic rings. The molecule has 0 N–H and O–H groups in total. The van der Waals surface area contributed by atoms with Gasteiger partial charge in [0.25, 0.3) is 0 Å². The summed E-state index contributed by atoms with van der Waals surface area (Å²) in [6, 6.07) is 6.69. The molecule has 0 heterocycles. The van der Waals surface area contributed by atoms with Gasteiger partial charge in [-0.2, -0.15) is 0 Å². The van der Waals surface area contributed by atoms with Crippen LogP contribution in [0.1, 0.15) is 31.1 Å². The van der Waals surface area contributed by atoms with Gasteiger partial charge in [-0.25, -0.2) is 4.79 Å². The van der Waals surface area contributed by atoms with Gasteiger partial charge in [-0.3, -0.25) is 4.90 Å². The van der Waals surface area contributed by atoms with E-state index in [9.17, 15) is 4.79 Å². The molecule has 18 heavy (non-hydrogen) atoms. The molecule has 3 nitrogen and oxygen atoms in total. The molecule has 0 fully saturated rings. The minimum atomic E-state index is -0.311. The molecule has 4 heteroatoms. The van der Waals surface area contributed by atoms with Crippen molar-refractivity contribution in [2.24, 2.45) is 0 Å². The molecule has 100 valence electrons. The first-order valence-corrected chi connectivity index (χ1v) is 6.32. The average molecular weight is 270 g/mol. The fourth-order valence-corrected chi connectivity index (χ4v) is 1.41. The van der Waals surface area contributed by atoms with Crippen LogP contribution in [0.25, 0.3) is 0 Å². The number of carbonyl (C=O) groups is 1. The Morgan fingerprint density at radius 3 is 2.33 bits per heavy atom. The van der Waals surface area contributed by atoms with Crippen molar-refractivity contribution in [3.63, 3.8) is 0 Å². The van der Waals surface area contributed by atoms with E-state index in [4.69, 9.17) is 16.3 Å². The minimum Gasteiger partial charge on any atom is -0.461 e. The van der Waals surface area contributed by atoms with Gasteiger partial charge in [0.1, 0.15) is 6.61 Å². The van der Waals surface area contributed by atoms with E-state index in [2.05, 4.69) is 25.7 Å². The summed E-state index contributed by atoms with van der Waals surface area (Å²) in [5.74, 6) is -0.311. The third kappa shape index (κ3) is 4.67. The molecular weight excluding hydrogens is 250 g/mol. The Labute approximate surface area is 114 Å². The van der Waals surface area contributed by atoms with Gasteiger partial charge in [0.2, 0.25) is 0 Å². The third-order valence-electron chi connectivity index (χ3n) is 2.88. The molecule has 0 aliphatic carbocycles. The number of benzene rings is 1. The summed E-state index contributed by atoms with van der Waals surface area (Å²) in [7, 11) is 2.01. The summed E-state index contributed by atoms with van der Waals surface area (Å²) in [6.45, 7) is 7.45. The van der Waals surface area contributed by atoms with Crippen molar-refractivity contribution in [3.05, 3.63) is 34.9 Å². The molecule has 1 aromatic carbocycles. The zero-order chi connectivity index (χ0) is 13.8. The molecule has 0 aromatic heterocycles. The Bertz CT molecular complexity index is 395. The Morgan fingerprint density at radius 2 is 1.83 bits per heavy atom. The maximum atomic E-state index is 11.7. The zero-order valence-electron chi connectivity index (χ0n) is 11.4. The van der Waals surface area contributed by atoms with Crippen LogP contribution in [-0.4, -0.2) is 36.6 Å². The molecular formula is C14H20ClNO2. The van der Waals surface area contributed by atoms with E-state index in [1.807, 2.05) is 7.05 Å². The second-order valence-corrected chi connectivity index (χ2v) is 5.67. The van der Waals surface area contributed by atoms with Crippen molar-refractivity contribution in [2.75, 3.05) is 20.2 Å². The van der Waals surface area contributed by atoms with Crippen LogP contribution < -0.4 is 0 Å². The first-order valence-electron chi connectivity index (χ1n) is 5.94. The third-order valence-corrected chi connectivity index (χ3v) is 3.14. The molecule has 1 aromatic rings. The van der Waals surface area contributed by atoms with E-state index in [0.717, 1.165) is 0 Å². The van der Waals surface area contributed by atoms with E-state index in [1.54, 1.807) is 24.3 Å². The molecule has 0 spiro atoms. The number of nitrogens with zero attached hydrogens (tertiary/aromatic N) is 1. The van der Waals surface area contributed by atoms with Crippen LogP contribution in [0.5, 0.6) is 0 Å². The van der Waals surface area contributed by atoms with Crippen molar-refractivity contribution in [1.82, 2.24) is 4.90 Å². The van der Waals surface area contributed by atoms with Crippen molar-refractivity contribution in [3.8, 4) is 0 Å². The first kappa shape index (κ1) is 15.0. The van der Waals surface area contributed by atoms with Crippen LogP contribution >= 0.6 is 11.6 Å².